The molecular formula is C20H17FN4OS. The predicted octanol–water partition coefficient (Wildman–Crippen LogP) is 4.80. The molecule has 2 heterocycles. The molecule has 0 spiro atoms. The lowest BCUT2D eigenvalue weighted by atomic mass is 10.1. The third kappa shape index (κ3) is 3.21. The van der Waals surface area contributed by atoms with Gasteiger partial charge in [-0.2, -0.15) is 9.78 Å². The molecule has 0 bridgehead atoms. The number of anilines is 1. The minimum Gasteiger partial charge on any atom is -0.306 e. The number of halogens is 1. The number of aryl methyl sites for hydroxylation is 3. The Bertz CT molecular complexity index is 1180. The predicted molar refractivity (Wildman–Crippen MR) is 105 cm³/mol. The van der Waals surface area contributed by atoms with Crippen LogP contribution in [0.25, 0.3) is 15.3 Å². The fraction of sp³-hybridized carbons (Fsp3) is 0.150. The minimum atomic E-state index is -0.375. The molecule has 0 aliphatic heterocycles. The standard InChI is InChI=1S/C20H17FN4OS/c1-11-7-8-12(2)14(9-11)19(26)22-17-10-13(3)24-25(17)20-23-18-15(21)5-4-6-16(18)27-20/h4-10H,1-3H3,(H,22,26). The largest absolute Gasteiger partial charge is 0.306 e. The zero-order valence-electron chi connectivity index (χ0n) is 15.1. The van der Waals surface area contributed by atoms with E-state index in [1.165, 1.54) is 17.4 Å². The quantitative estimate of drug-likeness (QED) is 0.555. The second kappa shape index (κ2) is 6.59. The zero-order chi connectivity index (χ0) is 19.1. The van der Waals surface area contributed by atoms with Crippen molar-refractivity contribution in [3.63, 3.8) is 0 Å². The molecule has 1 N–H and O–H groups in total. The van der Waals surface area contributed by atoms with Crippen LogP contribution in [-0.2, 0) is 0 Å². The van der Waals surface area contributed by atoms with Crippen molar-refractivity contribution in [3.05, 3.63) is 70.7 Å². The molecular weight excluding hydrogens is 363 g/mol. The fourth-order valence-electron chi connectivity index (χ4n) is 2.89. The molecule has 4 aromatic rings. The van der Waals surface area contributed by atoms with Crippen LogP contribution in [0.4, 0.5) is 10.2 Å². The summed E-state index contributed by atoms with van der Waals surface area (Å²) >= 11 is 1.32. The number of rotatable bonds is 3. The van der Waals surface area contributed by atoms with Crippen LogP contribution in [0.3, 0.4) is 0 Å². The van der Waals surface area contributed by atoms with Gasteiger partial charge >= 0.3 is 0 Å². The maximum absolute atomic E-state index is 14.0. The highest BCUT2D eigenvalue weighted by Crippen LogP contribution is 2.29. The molecule has 0 saturated heterocycles. The first kappa shape index (κ1) is 17.4. The number of aromatic nitrogens is 3. The smallest absolute Gasteiger partial charge is 0.257 e. The van der Waals surface area contributed by atoms with Crippen molar-refractivity contribution < 1.29 is 9.18 Å². The fourth-order valence-corrected chi connectivity index (χ4v) is 3.84. The molecule has 0 saturated carbocycles. The molecule has 7 heteroatoms. The summed E-state index contributed by atoms with van der Waals surface area (Å²) in [6.07, 6.45) is 0. The lowest BCUT2D eigenvalue weighted by molar-refractivity contribution is 0.102. The second-order valence-corrected chi connectivity index (χ2v) is 7.45. The van der Waals surface area contributed by atoms with Gasteiger partial charge in [-0.05, 0) is 44.5 Å². The van der Waals surface area contributed by atoms with Gasteiger partial charge in [-0.25, -0.2) is 9.37 Å². The third-order valence-corrected chi connectivity index (χ3v) is 5.25. The lowest BCUT2D eigenvalue weighted by Gasteiger charge is -2.09. The first-order valence-electron chi connectivity index (χ1n) is 8.43. The van der Waals surface area contributed by atoms with Crippen LogP contribution in [0.15, 0.2) is 42.5 Å². The van der Waals surface area contributed by atoms with Crippen LogP contribution < -0.4 is 5.32 Å². The van der Waals surface area contributed by atoms with Crippen LogP contribution in [0.2, 0.25) is 0 Å². The average Bonchev–Trinajstić information content (AvgIpc) is 3.21. The highest BCUT2D eigenvalue weighted by Gasteiger charge is 2.17. The molecule has 4 rings (SSSR count). The molecule has 0 radical (unpaired) electrons. The van der Waals surface area contributed by atoms with Gasteiger partial charge in [-0.15, -0.1) is 0 Å². The Morgan fingerprint density at radius 3 is 2.74 bits per heavy atom. The summed E-state index contributed by atoms with van der Waals surface area (Å²) in [5.74, 6) is -0.0950. The number of carbonyl (C=O) groups excluding carboxylic acids is 1. The number of nitrogens with zero attached hydrogens (tertiary/aromatic N) is 3. The van der Waals surface area contributed by atoms with Crippen LogP contribution >= 0.6 is 11.3 Å². The maximum Gasteiger partial charge on any atom is 0.257 e. The van der Waals surface area contributed by atoms with E-state index in [0.29, 0.717) is 22.0 Å². The molecule has 136 valence electrons. The number of carbonyl (C=O) groups is 1. The van der Waals surface area contributed by atoms with E-state index < -0.39 is 0 Å². The van der Waals surface area contributed by atoms with E-state index in [9.17, 15) is 9.18 Å². The Morgan fingerprint density at radius 2 is 1.96 bits per heavy atom. The van der Waals surface area contributed by atoms with Crippen molar-refractivity contribution in [2.24, 2.45) is 0 Å². The first-order chi connectivity index (χ1) is 12.9. The summed E-state index contributed by atoms with van der Waals surface area (Å²) in [6.45, 7) is 5.67. The summed E-state index contributed by atoms with van der Waals surface area (Å²) in [4.78, 5) is 17.1. The molecule has 27 heavy (non-hydrogen) atoms. The number of hydrogen-bond acceptors (Lipinski definition) is 4. The van der Waals surface area contributed by atoms with Gasteiger partial charge in [0, 0.05) is 11.6 Å². The van der Waals surface area contributed by atoms with Crippen LogP contribution in [0.5, 0.6) is 0 Å². The van der Waals surface area contributed by atoms with Crippen molar-refractivity contribution in [2.45, 2.75) is 20.8 Å². The van der Waals surface area contributed by atoms with Gasteiger partial charge in [-0.1, -0.05) is 35.1 Å². The van der Waals surface area contributed by atoms with E-state index in [4.69, 9.17) is 0 Å². The number of benzene rings is 2. The maximum atomic E-state index is 14.0. The number of para-hydroxylation sites is 1. The lowest BCUT2D eigenvalue weighted by Crippen LogP contribution is -2.16. The summed E-state index contributed by atoms with van der Waals surface area (Å²) in [6, 6.07) is 12.3. The van der Waals surface area contributed by atoms with Crippen molar-refractivity contribution in [1.82, 2.24) is 14.8 Å². The van der Waals surface area contributed by atoms with Gasteiger partial charge in [-0.3, -0.25) is 4.79 Å². The molecule has 0 aliphatic carbocycles. The summed E-state index contributed by atoms with van der Waals surface area (Å²) in [7, 11) is 0. The Morgan fingerprint density at radius 1 is 1.15 bits per heavy atom. The van der Waals surface area contributed by atoms with Crippen LogP contribution in [0, 0.1) is 26.6 Å². The number of amides is 1. The van der Waals surface area contributed by atoms with Gasteiger partial charge in [0.2, 0.25) is 5.13 Å². The summed E-state index contributed by atoms with van der Waals surface area (Å²) in [5, 5.41) is 7.83. The Kier molecular flexibility index (Phi) is 4.24. The van der Waals surface area contributed by atoms with E-state index in [1.54, 1.807) is 16.8 Å². The third-order valence-electron chi connectivity index (χ3n) is 4.25. The normalized spacial score (nSPS) is 11.1. The van der Waals surface area contributed by atoms with Gasteiger partial charge in [0.05, 0.1) is 10.4 Å². The Balaban J connectivity index is 1.73. The van der Waals surface area contributed by atoms with Crippen LogP contribution in [0.1, 0.15) is 27.2 Å². The van der Waals surface area contributed by atoms with Crippen molar-refractivity contribution in [3.8, 4) is 5.13 Å². The summed E-state index contributed by atoms with van der Waals surface area (Å²) in [5.41, 5.74) is 3.54. The van der Waals surface area contributed by atoms with Gasteiger partial charge in [0.25, 0.3) is 5.91 Å². The summed E-state index contributed by atoms with van der Waals surface area (Å²) < 4.78 is 16.3. The highest BCUT2D eigenvalue weighted by molar-refractivity contribution is 7.20. The Labute approximate surface area is 159 Å². The number of hydrogen-bond donors (Lipinski definition) is 1. The van der Waals surface area contributed by atoms with Crippen molar-refractivity contribution in [1.29, 1.82) is 0 Å². The van der Waals surface area contributed by atoms with E-state index in [-0.39, 0.29) is 11.7 Å². The van der Waals surface area contributed by atoms with E-state index >= 15 is 0 Å². The van der Waals surface area contributed by atoms with E-state index in [0.717, 1.165) is 21.5 Å². The minimum absolute atomic E-state index is 0.218. The second-order valence-electron chi connectivity index (χ2n) is 6.44. The first-order valence-corrected chi connectivity index (χ1v) is 9.25. The number of nitrogens with one attached hydrogen (secondary N) is 1. The van der Waals surface area contributed by atoms with Crippen LogP contribution in [-0.4, -0.2) is 20.7 Å². The van der Waals surface area contributed by atoms with E-state index in [2.05, 4.69) is 15.4 Å². The number of thiazole rings is 1. The van der Waals surface area contributed by atoms with Crippen molar-refractivity contribution >= 4 is 33.3 Å². The van der Waals surface area contributed by atoms with Gasteiger partial charge < -0.3 is 5.32 Å². The van der Waals surface area contributed by atoms with Gasteiger partial charge in [0.15, 0.2) is 0 Å². The average molecular weight is 380 g/mol. The molecule has 5 nitrogen and oxygen atoms in total. The molecule has 0 fully saturated rings. The topological polar surface area (TPSA) is 59.8 Å². The zero-order valence-corrected chi connectivity index (χ0v) is 15.9. The molecule has 2 aromatic heterocycles. The van der Waals surface area contributed by atoms with Gasteiger partial charge in [0.1, 0.15) is 17.2 Å². The number of fused-ring (bicyclic) bond motifs is 1. The van der Waals surface area contributed by atoms with Crippen molar-refractivity contribution in [2.75, 3.05) is 5.32 Å². The monoisotopic (exact) mass is 380 g/mol. The van der Waals surface area contributed by atoms with E-state index in [1.807, 2.05) is 45.0 Å². The molecule has 2 aromatic carbocycles. The molecule has 1 amide bonds. The SMILES string of the molecule is Cc1ccc(C)c(C(=O)Nc2cc(C)nn2-c2nc3c(F)cccc3s2)c1. The molecule has 0 aliphatic rings. The highest BCUT2D eigenvalue weighted by atomic mass is 32.1. The Hall–Kier alpha value is -3.06. The molecule has 0 unspecified atom stereocenters. The molecule has 0 atom stereocenters.